The Hall–Kier alpha value is -6.59. The number of thiophene rings is 2. The van der Waals surface area contributed by atoms with E-state index >= 15 is 0 Å². The van der Waals surface area contributed by atoms with Crippen LogP contribution in [0.2, 0.25) is 0 Å². The smallest absolute Gasteiger partial charge is 0.144 e. The topological polar surface area (TPSA) is 126 Å². The molecule has 0 spiro atoms. The molecule has 2 N–H and O–H groups in total. The summed E-state index contributed by atoms with van der Waals surface area (Å²) in [5.74, 6) is -0.611. The number of ketones is 2. The minimum Gasteiger partial charge on any atom is -0.512 e. The molecule has 375 valence electrons. The van der Waals surface area contributed by atoms with Gasteiger partial charge in [-0.1, -0.05) is 133 Å². The van der Waals surface area contributed by atoms with Crippen molar-refractivity contribution in [3.63, 3.8) is 0 Å². The van der Waals surface area contributed by atoms with Gasteiger partial charge in [-0.15, -0.1) is 58.1 Å². The largest absolute Gasteiger partial charge is 0.512 e. The predicted molar refractivity (Wildman–Crippen MR) is 301 cm³/mol. The standard InChI is InChI=1S/C20H18N2S.C20H17N2S.C11H14O2.C11H12O2.Ir/c2*1-20(2,3)14-8-6-13(7-9-14)17-15-10-12-23-19(15)18-16(22-17)5-4-11-21-18;2*1-8(12)11(9(2)13)10-6-4-3-5-7-10;/h4-12H,1-3H3;4-6,8-12H,1-3H3;3-8,12-13H,1-2H3;3-7,11H,1-2H3;/q;-1;;;. The summed E-state index contributed by atoms with van der Waals surface area (Å²) in [5, 5.41) is 25.3. The summed E-state index contributed by atoms with van der Waals surface area (Å²) >= 11 is 3.45. The van der Waals surface area contributed by atoms with Crippen LogP contribution >= 0.6 is 22.7 Å². The Kier molecular flexibility index (Phi) is 18.6. The SMILES string of the molecule is CC(=O)C(C(C)=O)c1ccccc1.CC(C)(C)c1c[c-]c(-c2nc3cccnc3c3sccc23)cc1.CC(C)(C)c1ccc(-c2nc3cccnc3c3sccc23)cc1.CC(O)=C(c1ccccc1)C(C)O.[Ir]. The molecule has 0 saturated heterocycles. The van der Waals surface area contributed by atoms with Crippen molar-refractivity contribution < 1.29 is 39.9 Å². The maximum Gasteiger partial charge on any atom is 0.144 e. The van der Waals surface area contributed by atoms with Gasteiger partial charge in [0, 0.05) is 49.0 Å². The van der Waals surface area contributed by atoms with Crippen LogP contribution in [0.5, 0.6) is 0 Å². The third kappa shape index (κ3) is 13.5. The fraction of sp³-hybridized carbons (Fsp3) is 0.226. The Morgan fingerprint density at radius 3 is 1.52 bits per heavy atom. The second-order valence-corrected chi connectivity index (χ2v) is 21.5. The van der Waals surface area contributed by atoms with Crippen molar-refractivity contribution in [1.29, 1.82) is 0 Å². The molecule has 6 aromatic heterocycles. The molecule has 1 unspecified atom stereocenters. The minimum absolute atomic E-state index is 0. The second-order valence-electron chi connectivity index (χ2n) is 19.7. The molecule has 0 amide bonds. The van der Waals surface area contributed by atoms with Crippen molar-refractivity contribution in [2.45, 2.75) is 92.1 Å². The number of rotatable bonds is 7. The summed E-state index contributed by atoms with van der Waals surface area (Å²) in [6.07, 6.45) is 3.01. The number of pyridine rings is 4. The van der Waals surface area contributed by atoms with Crippen LogP contribution in [0.3, 0.4) is 0 Å². The fourth-order valence-corrected chi connectivity index (χ4v) is 10.2. The molecule has 73 heavy (non-hydrogen) atoms. The molecule has 1 radical (unpaired) electrons. The number of carbonyl (C=O) groups is 2. The van der Waals surface area contributed by atoms with Gasteiger partial charge in [0.1, 0.15) is 28.5 Å². The molecular weight excluding hydrogens is 1120 g/mol. The number of carbonyl (C=O) groups excluding carboxylic acids is 2. The van der Waals surface area contributed by atoms with E-state index < -0.39 is 12.0 Å². The van der Waals surface area contributed by atoms with Crippen LogP contribution in [0.1, 0.15) is 97.4 Å². The van der Waals surface area contributed by atoms with Gasteiger partial charge < -0.3 is 10.2 Å². The molecule has 0 fully saturated rings. The number of fused-ring (bicyclic) bond motifs is 6. The van der Waals surface area contributed by atoms with E-state index in [-0.39, 0.29) is 48.3 Å². The van der Waals surface area contributed by atoms with Crippen LogP contribution in [-0.2, 0) is 40.5 Å². The van der Waals surface area contributed by atoms with Crippen molar-refractivity contribution in [2.75, 3.05) is 0 Å². The van der Waals surface area contributed by atoms with Gasteiger partial charge in [-0.05, 0) is 107 Å². The molecule has 0 saturated carbocycles. The average molecular weight is 1180 g/mol. The van der Waals surface area contributed by atoms with E-state index in [9.17, 15) is 19.8 Å². The average Bonchev–Trinajstić information content (AvgIpc) is 4.06. The molecule has 0 aliphatic heterocycles. The Balaban J connectivity index is 0.000000164. The van der Waals surface area contributed by atoms with E-state index in [1.54, 1.807) is 48.7 Å². The van der Waals surface area contributed by atoms with Gasteiger partial charge >= 0.3 is 0 Å². The van der Waals surface area contributed by atoms with Crippen LogP contribution in [0.15, 0.2) is 168 Å². The summed E-state index contributed by atoms with van der Waals surface area (Å²) in [7, 11) is 0. The van der Waals surface area contributed by atoms with E-state index in [4.69, 9.17) is 9.97 Å². The van der Waals surface area contributed by atoms with E-state index in [1.807, 2.05) is 85.2 Å². The van der Waals surface area contributed by atoms with E-state index in [2.05, 4.69) is 123 Å². The first-order valence-electron chi connectivity index (χ1n) is 23.9. The molecule has 10 aromatic rings. The van der Waals surface area contributed by atoms with Crippen molar-refractivity contribution in [3.8, 4) is 22.5 Å². The van der Waals surface area contributed by atoms with Crippen LogP contribution in [0.4, 0.5) is 0 Å². The van der Waals surface area contributed by atoms with Gasteiger partial charge in [0.25, 0.3) is 0 Å². The van der Waals surface area contributed by atoms with Crippen molar-refractivity contribution >= 4 is 82.1 Å². The number of aliphatic hydroxyl groups excluding tert-OH is 2. The number of Topliss-reactive ketones (excluding diaryl/α,β-unsaturated/α-hetero) is 2. The van der Waals surface area contributed by atoms with Crippen LogP contribution < -0.4 is 0 Å². The molecule has 10 rings (SSSR count). The third-order valence-corrected chi connectivity index (χ3v) is 13.9. The first-order valence-corrected chi connectivity index (χ1v) is 25.7. The summed E-state index contributed by atoms with van der Waals surface area (Å²) in [4.78, 5) is 41.1. The molecule has 0 aliphatic rings. The number of hydrogen-bond acceptors (Lipinski definition) is 10. The Bertz CT molecular complexity index is 3300. The number of aliphatic hydroxyl groups is 2. The number of nitrogens with zero attached hydrogens (tertiary/aromatic N) is 4. The van der Waals surface area contributed by atoms with Crippen molar-refractivity contribution in [2.24, 2.45) is 0 Å². The van der Waals surface area contributed by atoms with Gasteiger partial charge in [-0.2, -0.15) is 0 Å². The predicted octanol–water partition coefficient (Wildman–Crippen LogP) is 15.7. The Labute approximate surface area is 450 Å². The third-order valence-electron chi connectivity index (χ3n) is 12.1. The number of allylic oxidation sites excluding steroid dienone is 1. The van der Waals surface area contributed by atoms with Crippen LogP contribution in [0.25, 0.3) is 70.3 Å². The molecule has 4 aromatic carbocycles. The zero-order valence-corrected chi connectivity index (χ0v) is 46.9. The van der Waals surface area contributed by atoms with E-state index in [0.29, 0.717) is 5.57 Å². The maximum atomic E-state index is 11.2. The van der Waals surface area contributed by atoms with E-state index in [0.717, 1.165) is 61.1 Å². The molecule has 8 nitrogen and oxygen atoms in total. The number of benzene rings is 4. The number of aromatic nitrogens is 4. The van der Waals surface area contributed by atoms with Crippen LogP contribution in [-0.4, -0.2) is 47.8 Å². The Morgan fingerprint density at radius 1 is 0.589 bits per heavy atom. The van der Waals surface area contributed by atoms with Gasteiger partial charge in [-0.25, -0.2) is 4.98 Å². The second kappa shape index (κ2) is 24.4. The summed E-state index contributed by atoms with van der Waals surface area (Å²) < 4.78 is 2.41. The zero-order chi connectivity index (χ0) is 51.7. The van der Waals surface area contributed by atoms with E-state index in [1.165, 1.54) is 39.8 Å². The normalized spacial score (nSPS) is 12.1. The molecule has 6 heterocycles. The fourth-order valence-electron chi connectivity index (χ4n) is 8.41. The Morgan fingerprint density at radius 2 is 1.07 bits per heavy atom. The van der Waals surface area contributed by atoms with Gasteiger partial charge in [0.05, 0.1) is 38.0 Å². The molecule has 0 aliphatic carbocycles. The molecule has 11 heteroatoms. The minimum atomic E-state index is -0.646. The molecular formula is C62H61IrN4O4S2-. The van der Waals surface area contributed by atoms with Crippen molar-refractivity contribution in [1.82, 2.24) is 19.9 Å². The summed E-state index contributed by atoms with van der Waals surface area (Å²) in [5.41, 5.74) is 13.2. The summed E-state index contributed by atoms with van der Waals surface area (Å²) in [6, 6.07) is 49.3. The van der Waals surface area contributed by atoms with Gasteiger partial charge in [0.2, 0.25) is 0 Å². The van der Waals surface area contributed by atoms with Crippen LogP contribution in [0, 0.1) is 6.07 Å². The quantitative estimate of drug-likeness (QED) is 0.0918. The number of hydrogen-bond donors (Lipinski definition) is 2. The monoisotopic (exact) mass is 1180 g/mol. The molecule has 1 atom stereocenters. The maximum absolute atomic E-state index is 11.2. The van der Waals surface area contributed by atoms with Gasteiger partial charge in [-0.3, -0.25) is 24.5 Å². The zero-order valence-electron chi connectivity index (χ0n) is 42.9. The first-order chi connectivity index (χ1) is 34.3. The first kappa shape index (κ1) is 55.7. The van der Waals surface area contributed by atoms with Gasteiger partial charge in [0.15, 0.2) is 0 Å². The van der Waals surface area contributed by atoms with Crippen molar-refractivity contribution in [3.05, 3.63) is 197 Å². The molecule has 0 bridgehead atoms. The summed E-state index contributed by atoms with van der Waals surface area (Å²) in [6.45, 7) is 19.5.